The maximum Gasteiger partial charge on any atom is 0.259 e. The Morgan fingerprint density at radius 1 is 1.13 bits per heavy atom. The van der Waals surface area contributed by atoms with Gasteiger partial charge in [0.1, 0.15) is 11.2 Å². The molecule has 3 aromatic heterocycles. The number of fused-ring (bicyclic) bond motifs is 1. The number of anilines is 1. The highest BCUT2D eigenvalue weighted by atomic mass is 32.1. The van der Waals surface area contributed by atoms with Gasteiger partial charge in [-0.2, -0.15) is 5.10 Å². The molecular formula is C23H18N4O2S. The molecule has 0 atom stereocenters. The number of nitrogens with zero attached hydrogens (tertiary/aromatic N) is 3. The van der Waals surface area contributed by atoms with Crippen LogP contribution in [0.15, 0.2) is 76.7 Å². The van der Waals surface area contributed by atoms with Crippen LogP contribution in [0.5, 0.6) is 0 Å². The summed E-state index contributed by atoms with van der Waals surface area (Å²) in [4.78, 5) is 18.4. The van der Waals surface area contributed by atoms with Crippen LogP contribution in [0, 0.1) is 6.92 Å². The van der Waals surface area contributed by atoms with Crippen LogP contribution in [0.3, 0.4) is 0 Å². The van der Waals surface area contributed by atoms with Crippen LogP contribution in [0.2, 0.25) is 0 Å². The van der Waals surface area contributed by atoms with E-state index >= 15 is 0 Å². The molecule has 0 fully saturated rings. The van der Waals surface area contributed by atoms with E-state index in [4.69, 9.17) is 9.52 Å². The SMILES string of the molecule is Cc1nc2cc(NC(=O)c3cn(Cc4ccccc4)nc3-c3cccs3)ccc2o1. The molecule has 0 spiro atoms. The number of rotatable bonds is 5. The van der Waals surface area contributed by atoms with Crippen molar-refractivity contribution in [3.05, 3.63) is 89.3 Å². The molecule has 0 saturated carbocycles. The van der Waals surface area contributed by atoms with Crippen LogP contribution in [0.1, 0.15) is 21.8 Å². The van der Waals surface area contributed by atoms with E-state index in [0.29, 0.717) is 40.5 Å². The summed E-state index contributed by atoms with van der Waals surface area (Å²) in [5.41, 5.74) is 4.40. The fourth-order valence-corrected chi connectivity index (χ4v) is 4.08. The molecule has 0 saturated heterocycles. The van der Waals surface area contributed by atoms with Crippen molar-refractivity contribution in [1.82, 2.24) is 14.8 Å². The van der Waals surface area contributed by atoms with Crippen LogP contribution in [0.25, 0.3) is 21.7 Å². The number of hydrogen-bond acceptors (Lipinski definition) is 5. The van der Waals surface area contributed by atoms with Crippen molar-refractivity contribution in [2.45, 2.75) is 13.5 Å². The van der Waals surface area contributed by atoms with Crippen molar-refractivity contribution < 1.29 is 9.21 Å². The average molecular weight is 414 g/mol. The highest BCUT2D eigenvalue weighted by Crippen LogP contribution is 2.28. The second-order valence-corrected chi connectivity index (χ2v) is 7.87. The van der Waals surface area contributed by atoms with Crippen molar-refractivity contribution in [3.63, 3.8) is 0 Å². The number of thiophene rings is 1. The lowest BCUT2D eigenvalue weighted by Crippen LogP contribution is -2.12. The predicted molar refractivity (Wildman–Crippen MR) is 118 cm³/mol. The van der Waals surface area contributed by atoms with Gasteiger partial charge in [0.2, 0.25) is 0 Å². The monoisotopic (exact) mass is 414 g/mol. The number of carbonyl (C=O) groups is 1. The Balaban J connectivity index is 1.47. The van der Waals surface area contributed by atoms with Crippen LogP contribution in [0.4, 0.5) is 5.69 Å². The molecule has 1 N–H and O–H groups in total. The van der Waals surface area contributed by atoms with Gasteiger partial charge in [-0.25, -0.2) is 4.98 Å². The summed E-state index contributed by atoms with van der Waals surface area (Å²) >= 11 is 1.56. The van der Waals surface area contributed by atoms with Gasteiger partial charge < -0.3 is 9.73 Å². The Morgan fingerprint density at radius 3 is 2.80 bits per heavy atom. The lowest BCUT2D eigenvalue weighted by molar-refractivity contribution is 0.102. The zero-order chi connectivity index (χ0) is 20.5. The van der Waals surface area contributed by atoms with Gasteiger partial charge in [0.15, 0.2) is 11.5 Å². The maximum absolute atomic E-state index is 13.1. The molecule has 0 radical (unpaired) electrons. The quantitative estimate of drug-likeness (QED) is 0.420. The standard InChI is InChI=1S/C23H18N4O2S/c1-15-24-19-12-17(9-10-20(19)29-15)25-23(28)18-14-27(13-16-6-3-2-4-7-16)26-22(18)21-8-5-11-30-21/h2-12,14H,13H2,1H3,(H,25,28). The molecule has 1 amide bonds. The fourth-order valence-electron chi connectivity index (χ4n) is 3.35. The smallest absolute Gasteiger partial charge is 0.259 e. The first kappa shape index (κ1) is 18.3. The molecule has 0 aliphatic rings. The van der Waals surface area contributed by atoms with E-state index in [1.54, 1.807) is 24.5 Å². The molecule has 0 aliphatic carbocycles. The van der Waals surface area contributed by atoms with Gasteiger partial charge in [0.25, 0.3) is 5.91 Å². The molecule has 148 valence electrons. The lowest BCUT2D eigenvalue weighted by Gasteiger charge is -2.04. The third kappa shape index (κ3) is 3.62. The number of hydrogen-bond donors (Lipinski definition) is 1. The minimum absolute atomic E-state index is 0.211. The van der Waals surface area contributed by atoms with Gasteiger partial charge in [-0.3, -0.25) is 9.48 Å². The molecule has 3 heterocycles. The molecule has 5 aromatic rings. The number of aryl methyl sites for hydroxylation is 1. The summed E-state index contributed by atoms with van der Waals surface area (Å²) in [6.45, 7) is 2.39. The summed E-state index contributed by atoms with van der Waals surface area (Å²) in [5, 5.41) is 9.65. The summed E-state index contributed by atoms with van der Waals surface area (Å²) in [5.74, 6) is 0.382. The van der Waals surface area contributed by atoms with Crippen LogP contribution in [-0.4, -0.2) is 20.7 Å². The van der Waals surface area contributed by atoms with Gasteiger partial charge in [-0.05, 0) is 35.2 Å². The van der Waals surface area contributed by atoms with E-state index in [1.165, 1.54) is 0 Å². The number of aromatic nitrogens is 3. The number of benzene rings is 2. The molecule has 7 heteroatoms. The van der Waals surface area contributed by atoms with Gasteiger partial charge in [0.05, 0.1) is 17.0 Å². The van der Waals surface area contributed by atoms with E-state index in [1.807, 2.05) is 70.7 Å². The van der Waals surface area contributed by atoms with Crippen LogP contribution >= 0.6 is 11.3 Å². The first-order chi connectivity index (χ1) is 14.7. The van der Waals surface area contributed by atoms with Gasteiger partial charge in [0, 0.05) is 18.8 Å². The molecule has 2 aromatic carbocycles. The van der Waals surface area contributed by atoms with E-state index < -0.39 is 0 Å². The molecule has 0 unspecified atom stereocenters. The molecule has 0 bridgehead atoms. The molecule has 0 aliphatic heterocycles. The average Bonchev–Trinajstić information content (AvgIpc) is 3.47. The highest BCUT2D eigenvalue weighted by Gasteiger charge is 2.19. The number of oxazole rings is 1. The number of amides is 1. The largest absolute Gasteiger partial charge is 0.441 e. The number of nitrogens with one attached hydrogen (secondary N) is 1. The zero-order valence-electron chi connectivity index (χ0n) is 16.2. The van der Waals surface area contributed by atoms with Gasteiger partial charge >= 0.3 is 0 Å². The van der Waals surface area contributed by atoms with Gasteiger partial charge in [-0.1, -0.05) is 36.4 Å². The van der Waals surface area contributed by atoms with Crippen molar-refractivity contribution >= 4 is 34.0 Å². The number of carbonyl (C=O) groups excluding carboxylic acids is 1. The van der Waals surface area contributed by atoms with Crippen molar-refractivity contribution in [2.75, 3.05) is 5.32 Å². The molecule has 6 nitrogen and oxygen atoms in total. The third-order valence-electron chi connectivity index (χ3n) is 4.70. The first-order valence-electron chi connectivity index (χ1n) is 9.49. The summed E-state index contributed by atoms with van der Waals surface area (Å²) < 4.78 is 7.31. The van der Waals surface area contributed by atoms with Gasteiger partial charge in [-0.15, -0.1) is 11.3 Å². The van der Waals surface area contributed by atoms with E-state index in [2.05, 4.69) is 10.3 Å². The van der Waals surface area contributed by atoms with Crippen LogP contribution < -0.4 is 5.32 Å². The lowest BCUT2D eigenvalue weighted by atomic mass is 10.2. The molecular weight excluding hydrogens is 396 g/mol. The second-order valence-electron chi connectivity index (χ2n) is 6.92. The summed E-state index contributed by atoms with van der Waals surface area (Å²) in [7, 11) is 0. The Bertz CT molecular complexity index is 1320. The molecule has 30 heavy (non-hydrogen) atoms. The fraction of sp³-hybridized carbons (Fsp3) is 0.0870. The Labute approximate surface area is 176 Å². The minimum Gasteiger partial charge on any atom is -0.441 e. The predicted octanol–water partition coefficient (Wildman–Crippen LogP) is 5.36. The van der Waals surface area contributed by atoms with Crippen LogP contribution in [-0.2, 0) is 6.54 Å². The molecule has 5 rings (SSSR count). The summed E-state index contributed by atoms with van der Waals surface area (Å²) in [6.07, 6.45) is 1.80. The maximum atomic E-state index is 13.1. The van der Waals surface area contributed by atoms with E-state index in [9.17, 15) is 4.79 Å². The van der Waals surface area contributed by atoms with E-state index in [-0.39, 0.29) is 5.91 Å². The summed E-state index contributed by atoms with van der Waals surface area (Å²) in [6, 6.07) is 19.4. The van der Waals surface area contributed by atoms with Crippen molar-refractivity contribution in [3.8, 4) is 10.6 Å². The van der Waals surface area contributed by atoms with Crippen molar-refractivity contribution in [2.24, 2.45) is 0 Å². The van der Waals surface area contributed by atoms with E-state index in [0.717, 1.165) is 10.4 Å². The topological polar surface area (TPSA) is 73.0 Å². The van der Waals surface area contributed by atoms with Crippen molar-refractivity contribution in [1.29, 1.82) is 0 Å². The Morgan fingerprint density at radius 2 is 2.00 bits per heavy atom. The first-order valence-corrected chi connectivity index (χ1v) is 10.4. The highest BCUT2D eigenvalue weighted by molar-refractivity contribution is 7.13. The third-order valence-corrected chi connectivity index (χ3v) is 5.58. The minimum atomic E-state index is -0.211. The Kier molecular flexibility index (Phi) is 4.65. The second kappa shape index (κ2) is 7.61. The normalized spacial score (nSPS) is 11.1. The Hall–Kier alpha value is -3.71. The zero-order valence-corrected chi connectivity index (χ0v) is 17.0.